The van der Waals surface area contributed by atoms with Crippen LogP contribution in [0.25, 0.3) is 16.9 Å². The van der Waals surface area contributed by atoms with Crippen molar-refractivity contribution < 1.29 is 4.39 Å². The van der Waals surface area contributed by atoms with Gasteiger partial charge in [-0.15, -0.1) is 0 Å². The van der Waals surface area contributed by atoms with E-state index in [-0.39, 0.29) is 5.82 Å². The van der Waals surface area contributed by atoms with Crippen molar-refractivity contribution in [1.29, 1.82) is 0 Å². The number of benzene rings is 2. The van der Waals surface area contributed by atoms with Crippen molar-refractivity contribution in [3.05, 3.63) is 77.2 Å². The summed E-state index contributed by atoms with van der Waals surface area (Å²) in [6, 6.07) is 17.7. The van der Waals surface area contributed by atoms with Gasteiger partial charge < -0.3 is 4.57 Å². The van der Waals surface area contributed by atoms with Gasteiger partial charge in [0.1, 0.15) is 5.82 Å². The van der Waals surface area contributed by atoms with Crippen LogP contribution >= 0.6 is 11.8 Å². The largest absolute Gasteiger partial charge is 0.314 e. The number of aromatic nitrogens is 1. The average Bonchev–Trinajstić information content (AvgIpc) is 3.00. The fraction of sp³-hybridized carbons (Fsp3) is 0.304. The second-order valence-electron chi connectivity index (χ2n) is 7.21. The third kappa shape index (κ3) is 3.97. The second kappa shape index (κ2) is 7.91. The zero-order chi connectivity index (χ0) is 18.8. The normalized spacial score (nSPS) is 15.2. The third-order valence-electron chi connectivity index (χ3n) is 5.25. The lowest BCUT2D eigenvalue weighted by molar-refractivity contribution is 0.294. The molecule has 2 heterocycles. The van der Waals surface area contributed by atoms with Crippen LogP contribution in [0.2, 0.25) is 0 Å². The summed E-state index contributed by atoms with van der Waals surface area (Å²) in [5.41, 5.74) is 7.20. The summed E-state index contributed by atoms with van der Waals surface area (Å²) < 4.78 is 15.7. The molecule has 0 saturated carbocycles. The number of rotatable bonds is 4. The molecule has 0 amide bonds. The molecule has 27 heavy (non-hydrogen) atoms. The summed E-state index contributed by atoms with van der Waals surface area (Å²) in [5, 5.41) is 0. The van der Waals surface area contributed by atoms with E-state index >= 15 is 0 Å². The zero-order valence-electron chi connectivity index (χ0n) is 15.9. The van der Waals surface area contributed by atoms with Crippen LogP contribution in [0.5, 0.6) is 0 Å². The molecule has 0 N–H and O–H groups in total. The van der Waals surface area contributed by atoms with Crippen molar-refractivity contribution in [1.82, 2.24) is 9.47 Å². The average molecular weight is 381 g/mol. The molecule has 1 saturated heterocycles. The molecule has 1 aliphatic heterocycles. The lowest BCUT2D eigenvalue weighted by Crippen LogP contribution is -2.32. The molecular formula is C23H25FN2S. The minimum atomic E-state index is -0.202. The van der Waals surface area contributed by atoms with Crippen molar-refractivity contribution in [3.8, 4) is 16.9 Å². The Kier molecular flexibility index (Phi) is 5.37. The molecule has 1 aromatic heterocycles. The molecule has 0 unspecified atom stereocenters. The molecule has 140 valence electrons. The molecule has 0 radical (unpaired) electrons. The van der Waals surface area contributed by atoms with Gasteiger partial charge in [0, 0.05) is 42.5 Å². The van der Waals surface area contributed by atoms with E-state index in [2.05, 4.69) is 53.6 Å². The topological polar surface area (TPSA) is 8.17 Å². The van der Waals surface area contributed by atoms with Gasteiger partial charge in [0.15, 0.2) is 0 Å². The first-order chi connectivity index (χ1) is 13.1. The molecule has 0 aliphatic carbocycles. The van der Waals surface area contributed by atoms with Gasteiger partial charge in [-0.3, -0.25) is 4.90 Å². The lowest BCUT2D eigenvalue weighted by Gasteiger charge is -2.26. The molecule has 1 fully saturated rings. The fourth-order valence-corrected chi connectivity index (χ4v) is 4.74. The number of thioether (sulfide) groups is 1. The van der Waals surface area contributed by atoms with Gasteiger partial charge in [-0.2, -0.15) is 11.8 Å². The minimum absolute atomic E-state index is 0.202. The summed E-state index contributed by atoms with van der Waals surface area (Å²) in [7, 11) is 0. The van der Waals surface area contributed by atoms with E-state index < -0.39 is 0 Å². The van der Waals surface area contributed by atoms with Crippen LogP contribution in [0, 0.1) is 19.7 Å². The molecule has 4 rings (SSSR count). The first kappa shape index (κ1) is 18.3. The van der Waals surface area contributed by atoms with Gasteiger partial charge in [0.2, 0.25) is 0 Å². The summed E-state index contributed by atoms with van der Waals surface area (Å²) in [6.07, 6.45) is 0. The Hall–Kier alpha value is -2.04. The van der Waals surface area contributed by atoms with Crippen molar-refractivity contribution in [2.45, 2.75) is 20.4 Å². The predicted molar refractivity (Wildman–Crippen MR) is 113 cm³/mol. The van der Waals surface area contributed by atoms with Gasteiger partial charge in [-0.1, -0.05) is 23.8 Å². The van der Waals surface area contributed by atoms with Crippen molar-refractivity contribution in [3.63, 3.8) is 0 Å². The van der Waals surface area contributed by atoms with Crippen molar-refractivity contribution in [2.24, 2.45) is 0 Å². The van der Waals surface area contributed by atoms with E-state index in [1.165, 1.54) is 51.7 Å². The van der Waals surface area contributed by atoms with E-state index in [1.807, 2.05) is 23.9 Å². The van der Waals surface area contributed by atoms with Crippen LogP contribution in [-0.4, -0.2) is 34.1 Å². The van der Waals surface area contributed by atoms with E-state index in [0.717, 1.165) is 25.3 Å². The standard InChI is InChI=1S/C23H25FN2S/c1-17-4-3-5-19(14-17)23-15-20(16-25-10-12-27-13-11-25)18(2)26(23)22-8-6-21(24)7-9-22/h3-9,14-15H,10-13,16H2,1-2H3. The molecule has 0 atom stereocenters. The van der Waals surface area contributed by atoms with Crippen LogP contribution in [0.4, 0.5) is 4.39 Å². The summed E-state index contributed by atoms with van der Waals surface area (Å²) in [6.45, 7) is 7.56. The second-order valence-corrected chi connectivity index (χ2v) is 8.43. The zero-order valence-corrected chi connectivity index (χ0v) is 16.7. The smallest absolute Gasteiger partial charge is 0.123 e. The molecule has 3 aromatic rings. The first-order valence-corrected chi connectivity index (χ1v) is 10.6. The van der Waals surface area contributed by atoms with Gasteiger partial charge in [0.05, 0.1) is 5.69 Å². The van der Waals surface area contributed by atoms with Crippen LogP contribution in [0.15, 0.2) is 54.6 Å². The molecule has 2 aromatic carbocycles. The van der Waals surface area contributed by atoms with Gasteiger partial charge >= 0.3 is 0 Å². The Morgan fingerprint density at radius 3 is 2.41 bits per heavy atom. The lowest BCUT2D eigenvalue weighted by atomic mass is 10.1. The van der Waals surface area contributed by atoms with Gasteiger partial charge in [0.25, 0.3) is 0 Å². The number of aryl methyl sites for hydroxylation is 1. The minimum Gasteiger partial charge on any atom is -0.314 e. The molecule has 2 nitrogen and oxygen atoms in total. The highest BCUT2D eigenvalue weighted by Gasteiger charge is 2.18. The van der Waals surface area contributed by atoms with E-state index in [9.17, 15) is 4.39 Å². The monoisotopic (exact) mass is 380 g/mol. The van der Waals surface area contributed by atoms with Crippen molar-refractivity contribution >= 4 is 11.8 Å². The third-order valence-corrected chi connectivity index (χ3v) is 6.19. The number of hydrogen-bond acceptors (Lipinski definition) is 2. The molecule has 0 bridgehead atoms. The Bertz CT molecular complexity index is 924. The van der Waals surface area contributed by atoms with Crippen LogP contribution < -0.4 is 0 Å². The van der Waals surface area contributed by atoms with E-state index in [0.29, 0.717) is 0 Å². The fourth-order valence-electron chi connectivity index (χ4n) is 3.76. The Labute approximate surface area is 165 Å². The molecular weight excluding hydrogens is 355 g/mol. The maximum absolute atomic E-state index is 13.5. The van der Waals surface area contributed by atoms with Gasteiger partial charge in [-0.25, -0.2) is 4.39 Å². The van der Waals surface area contributed by atoms with Crippen LogP contribution in [0.1, 0.15) is 16.8 Å². The van der Waals surface area contributed by atoms with Crippen LogP contribution in [0.3, 0.4) is 0 Å². The number of nitrogens with zero attached hydrogens (tertiary/aromatic N) is 2. The molecule has 4 heteroatoms. The molecule has 0 spiro atoms. The van der Waals surface area contributed by atoms with Gasteiger partial charge in [-0.05, 0) is 61.4 Å². The summed E-state index contributed by atoms with van der Waals surface area (Å²) in [4.78, 5) is 2.54. The van der Waals surface area contributed by atoms with Crippen LogP contribution in [-0.2, 0) is 6.54 Å². The number of halogens is 1. The summed E-state index contributed by atoms with van der Waals surface area (Å²) >= 11 is 2.04. The van der Waals surface area contributed by atoms with Crippen molar-refractivity contribution in [2.75, 3.05) is 24.6 Å². The maximum Gasteiger partial charge on any atom is 0.123 e. The highest BCUT2D eigenvalue weighted by molar-refractivity contribution is 7.99. The van der Waals surface area contributed by atoms with E-state index in [4.69, 9.17) is 0 Å². The Balaban J connectivity index is 1.80. The van der Waals surface area contributed by atoms with E-state index in [1.54, 1.807) is 0 Å². The highest BCUT2D eigenvalue weighted by atomic mass is 32.2. The Morgan fingerprint density at radius 2 is 1.70 bits per heavy atom. The quantitative estimate of drug-likeness (QED) is 0.595. The first-order valence-electron chi connectivity index (χ1n) is 9.46. The molecule has 1 aliphatic rings. The SMILES string of the molecule is Cc1cccc(-c2cc(CN3CCSCC3)c(C)n2-c2ccc(F)cc2)c1. The Morgan fingerprint density at radius 1 is 0.963 bits per heavy atom. The predicted octanol–water partition coefficient (Wildman–Crippen LogP) is 5.45. The maximum atomic E-state index is 13.5. The number of hydrogen-bond donors (Lipinski definition) is 0. The highest BCUT2D eigenvalue weighted by Crippen LogP contribution is 2.31. The summed E-state index contributed by atoms with van der Waals surface area (Å²) in [5.74, 6) is 2.22.